The van der Waals surface area contributed by atoms with Gasteiger partial charge in [-0.05, 0) is 104 Å². The molecule has 8 rings (SSSR count). The Morgan fingerprint density at radius 1 is 1.02 bits per heavy atom. The summed E-state index contributed by atoms with van der Waals surface area (Å²) in [6.07, 6.45) is 12.5. The van der Waals surface area contributed by atoms with Crippen LogP contribution in [0.3, 0.4) is 0 Å². The second-order valence-electron chi connectivity index (χ2n) is 15.7. The number of hydrogen-bond donors (Lipinski definition) is 1. The lowest BCUT2D eigenvalue weighted by Gasteiger charge is -2.32. The lowest BCUT2D eigenvalue weighted by Crippen LogP contribution is -2.47. The van der Waals surface area contributed by atoms with Gasteiger partial charge in [-0.1, -0.05) is 25.3 Å². The number of fused-ring (bicyclic) bond motifs is 5. The fraction of sp³-hybridized carbons (Fsp3) is 0.409. The van der Waals surface area contributed by atoms with Crippen molar-refractivity contribution in [1.82, 2.24) is 29.0 Å². The summed E-state index contributed by atoms with van der Waals surface area (Å²) < 4.78 is 49.1. The van der Waals surface area contributed by atoms with E-state index >= 15 is 0 Å². The van der Waals surface area contributed by atoms with Crippen LogP contribution in [-0.4, -0.2) is 96.3 Å². The van der Waals surface area contributed by atoms with E-state index in [1.807, 2.05) is 41.9 Å². The summed E-state index contributed by atoms with van der Waals surface area (Å²) in [7, 11) is -0.604. The molecule has 3 aliphatic rings. The summed E-state index contributed by atoms with van der Waals surface area (Å²) in [6, 6.07) is 13.5. The number of morpholine rings is 1. The third-order valence-electron chi connectivity index (χ3n) is 11.7. The van der Waals surface area contributed by atoms with Crippen LogP contribution >= 0.6 is 0 Å². The van der Waals surface area contributed by atoms with E-state index in [0.29, 0.717) is 49.9 Å². The van der Waals surface area contributed by atoms with Gasteiger partial charge in [0.15, 0.2) is 0 Å². The molecule has 0 radical (unpaired) electrons. The van der Waals surface area contributed by atoms with Crippen LogP contribution in [-0.2, 0) is 26.0 Å². The van der Waals surface area contributed by atoms with Gasteiger partial charge in [-0.2, -0.15) is 5.10 Å². The van der Waals surface area contributed by atoms with Gasteiger partial charge in [-0.15, -0.1) is 0 Å². The maximum Gasteiger partial charge on any atom is 0.264 e. The van der Waals surface area contributed by atoms with Crippen molar-refractivity contribution in [2.75, 3.05) is 40.5 Å². The molecule has 304 valence electrons. The Labute approximate surface area is 339 Å². The van der Waals surface area contributed by atoms with E-state index in [9.17, 15) is 18.0 Å². The van der Waals surface area contributed by atoms with Crippen LogP contribution < -0.4 is 9.46 Å². The zero-order valence-corrected chi connectivity index (χ0v) is 34.5. The quantitative estimate of drug-likeness (QED) is 0.162. The first-order valence-electron chi connectivity index (χ1n) is 20.0. The first kappa shape index (κ1) is 39.5. The fourth-order valence-electron chi connectivity index (χ4n) is 8.69. The second kappa shape index (κ2) is 16.1. The normalized spacial score (nSPS) is 17.4. The Balaban J connectivity index is 1.37. The van der Waals surface area contributed by atoms with Gasteiger partial charge in [0.25, 0.3) is 11.8 Å². The molecular formula is C44H50N6O7S. The van der Waals surface area contributed by atoms with Gasteiger partial charge in [-0.3, -0.25) is 14.6 Å². The number of nitrogens with one attached hydrogen (secondary N) is 1. The molecule has 1 saturated heterocycles. The number of amides is 2. The van der Waals surface area contributed by atoms with Gasteiger partial charge in [-0.25, -0.2) is 17.8 Å². The molecule has 1 N–H and O–H groups in total. The predicted molar refractivity (Wildman–Crippen MR) is 223 cm³/mol. The van der Waals surface area contributed by atoms with Crippen LogP contribution in [0.5, 0.6) is 5.75 Å². The Hall–Kier alpha value is -5.31. The Morgan fingerprint density at radius 2 is 1.83 bits per heavy atom. The SMILES string of the molecule is COC[C@@H]1CN(C(=O)c2cnn(-c3ccncc3C)c2C2=Cc3cc(OC)ccc3-c3c(C4CCCCC4)c4ccc(C(=O)NS(=O)(=O)C(C)C)cc4n3C2)CCO1. The second-order valence-corrected chi connectivity index (χ2v) is 18.0. The maximum absolute atomic E-state index is 14.7. The Bertz CT molecular complexity index is 2530. The number of aryl methyl sites for hydroxylation is 1. The van der Waals surface area contributed by atoms with Gasteiger partial charge in [0.2, 0.25) is 10.0 Å². The zero-order chi connectivity index (χ0) is 40.7. The van der Waals surface area contributed by atoms with E-state index < -0.39 is 21.2 Å². The standard InChI is InChI=1S/C44H50N6O7S/c1-27(2)58(53,54)47-43(51)30-11-13-36-39(21-30)49-24-32(19-31-20-33(56-5)12-14-35(31)42(49)40(36)29-9-7-6-8-10-29)41-37(23-46-50(41)38-15-16-45-22-28(38)3)44(52)48-17-18-57-34(25-48)26-55-4/h11-16,19-23,27,29,34H,6-10,17-18,24-26H2,1-5H3,(H,47,51)/t34-/m0/s1. The third-order valence-corrected chi connectivity index (χ3v) is 13.4. The van der Waals surface area contributed by atoms with Gasteiger partial charge < -0.3 is 23.7 Å². The van der Waals surface area contributed by atoms with E-state index in [0.717, 1.165) is 70.2 Å². The summed E-state index contributed by atoms with van der Waals surface area (Å²) in [4.78, 5) is 34.5. The van der Waals surface area contributed by atoms with E-state index in [1.165, 1.54) is 25.8 Å². The molecule has 2 fully saturated rings. The van der Waals surface area contributed by atoms with Gasteiger partial charge in [0.1, 0.15) is 5.75 Å². The molecule has 1 saturated carbocycles. The number of nitrogens with zero attached hydrogens (tertiary/aromatic N) is 5. The van der Waals surface area contributed by atoms with Crippen LogP contribution in [0.15, 0.2) is 61.1 Å². The van der Waals surface area contributed by atoms with Crippen molar-refractivity contribution in [2.24, 2.45) is 0 Å². The smallest absolute Gasteiger partial charge is 0.264 e. The summed E-state index contributed by atoms with van der Waals surface area (Å²) in [5.74, 6) is 0.111. The molecule has 0 unspecified atom stereocenters. The first-order chi connectivity index (χ1) is 28.0. The molecule has 0 bridgehead atoms. The Kier molecular flexibility index (Phi) is 11.0. The average Bonchev–Trinajstić information content (AvgIpc) is 3.75. The number of pyridine rings is 1. The van der Waals surface area contributed by atoms with E-state index in [2.05, 4.69) is 26.4 Å². The van der Waals surface area contributed by atoms with Crippen molar-refractivity contribution in [3.05, 3.63) is 94.6 Å². The molecule has 14 heteroatoms. The van der Waals surface area contributed by atoms with E-state index in [4.69, 9.17) is 19.3 Å². The molecule has 5 heterocycles. The van der Waals surface area contributed by atoms with Crippen molar-refractivity contribution in [3.63, 3.8) is 0 Å². The van der Waals surface area contributed by atoms with Crippen LogP contribution in [0.25, 0.3) is 39.5 Å². The molecule has 1 atom stereocenters. The van der Waals surface area contributed by atoms with Crippen LogP contribution in [0.1, 0.15) is 95.0 Å². The number of rotatable bonds is 10. The molecule has 1 aliphatic carbocycles. The third kappa shape index (κ3) is 7.33. The predicted octanol–water partition coefficient (Wildman–Crippen LogP) is 6.76. The highest BCUT2D eigenvalue weighted by Gasteiger charge is 2.34. The van der Waals surface area contributed by atoms with Crippen molar-refractivity contribution in [3.8, 4) is 22.7 Å². The van der Waals surface area contributed by atoms with E-state index in [1.54, 1.807) is 43.8 Å². The molecule has 58 heavy (non-hydrogen) atoms. The van der Waals surface area contributed by atoms with Crippen molar-refractivity contribution >= 4 is 44.4 Å². The largest absolute Gasteiger partial charge is 0.497 e. The highest BCUT2D eigenvalue weighted by Crippen LogP contribution is 2.48. The van der Waals surface area contributed by atoms with Gasteiger partial charge in [0.05, 0.1) is 67.1 Å². The van der Waals surface area contributed by atoms with E-state index in [-0.39, 0.29) is 23.5 Å². The maximum atomic E-state index is 14.7. The number of benzene rings is 2. The average molecular weight is 807 g/mol. The number of ether oxygens (including phenoxy) is 3. The number of methoxy groups -OCH3 is 2. The van der Waals surface area contributed by atoms with Gasteiger partial charge in [0, 0.05) is 54.6 Å². The molecule has 2 aliphatic heterocycles. The first-order valence-corrected chi connectivity index (χ1v) is 21.5. The number of carbonyl (C=O) groups is 2. The summed E-state index contributed by atoms with van der Waals surface area (Å²) in [5.41, 5.74) is 8.75. The van der Waals surface area contributed by atoms with Crippen LogP contribution in [0, 0.1) is 6.92 Å². The minimum atomic E-state index is -3.88. The summed E-state index contributed by atoms with van der Waals surface area (Å²) in [5, 5.41) is 5.13. The molecule has 5 aromatic rings. The number of carbonyl (C=O) groups excluding carboxylic acids is 2. The Morgan fingerprint density at radius 3 is 2.57 bits per heavy atom. The monoisotopic (exact) mass is 806 g/mol. The minimum Gasteiger partial charge on any atom is -0.497 e. The molecular weight excluding hydrogens is 757 g/mol. The van der Waals surface area contributed by atoms with Crippen molar-refractivity contribution < 1.29 is 32.2 Å². The number of sulfonamides is 1. The van der Waals surface area contributed by atoms with Crippen molar-refractivity contribution in [2.45, 2.75) is 76.7 Å². The van der Waals surface area contributed by atoms with Crippen LogP contribution in [0.2, 0.25) is 0 Å². The fourth-order valence-corrected chi connectivity index (χ4v) is 9.31. The lowest BCUT2D eigenvalue weighted by atomic mass is 9.81. The lowest BCUT2D eigenvalue weighted by molar-refractivity contribution is -0.0531. The van der Waals surface area contributed by atoms with Crippen LogP contribution in [0.4, 0.5) is 0 Å². The number of aromatic nitrogens is 4. The van der Waals surface area contributed by atoms with Gasteiger partial charge >= 0.3 is 0 Å². The summed E-state index contributed by atoms with van der Waals surface area (Å²) >= 11 is 0. The molecule has 3 aromatic heterocycles. The highest BCUT2D eigenvalue weighted by molar-refractivity contribution is 7.90. The molecule has 2 aromatic carbocycles. The minimum absolute atomic E-state index is 0.167. The zero-order valence-electron chi connectivity index (χ0n) is 33.7. The number of allylic oxidation sites excluding steroid dienone is 1. The summed E-state index contributed by atoms with van der Waals surface area (Å²) in [6.45, 7) is 6.91. The number of hydrogen-bond acceptors (Lipinski definition) is 9. The van der Waals surface area contributed by atoms with Crippen molar-refractivity contribution in [1.29, 1.82) is 0 Å². The molecule has 0 spiro atoms. The molecule has 13 nitrogen and oxygen atoms in total. The topological polar surface area (TPSA) is 147 Å². The highest BCUT2D eigenvalue weighted by atomic mass is 32.2. The molecule has 2 amide bonds.